The van der Waals surface area contributed by atoms with Crippen LogP contribution in [-0.4, -0.2) is 78.9 Å². The van der Waals surface area contributed by atoms with Gasteiger partial charge in [0.1, 0.15) is 5.75 Å². The van der Waals surface area contributed by atoms with Crippen LogP contribution in [0, 0.1) is 0 Å². The molecule has 1 unspecified atom stereocenters. The number of piperazine rings is 1. The monoisotopic (exact) mass is 646 g/mol. The molecule has 2 aliphatic rings. The standard InChI is InChI=1S/C34H48Cl2N4O4/c1-7-34(5,6)40(24(2)3)33(42)44-25(4)39-30-23-27(15-13-26(30)14-16-31(39)41)43-22-9-8-17-37-18-20-38(21-19-37)29-12-10-11-28(35)32(29)36/h10-13,15,23-25H,7-9,14,16-22H2,1-6H3. The summed E-state index contributed by atoms with van der Waals surface area (Å²) in [7, 11) is 0. The zero-order valence-electron chi connectivity index (χ0n) is 27.1. The maximum absolute atomic E-state index is 13.3. The Morgan fingerprint density at radius 2 is 1.73 bits per heavy atom. The molecule has 10 heteroatoms. The van der Waals surface area contributed by atoms with Crippen molar-refractivity contribution in [1.29, 1.82) is 0 Å². The van der Waals surface area contributed by atoms with Crippen LogP contribution >= 0.6 is 23.2 Å². The van der Waals surface area contributed by atoms with Gasteiger partial charge in [0.15, 0.2) is 6.23 Å². The number of unbranched alkanes of at least 4 members (excludes halogenated alkanes) is 1. The number of fused-ring (bicyclic) bond motifs is 1. The van der Waals surface area contributed by atoms with E-state index in [1.54, 1.807) is 16.7 Å². The van der Waals surface area contributed by atoms with Crippen LogP contribution in [0.2, 0.25) is 10.0 Å². The quantitative estimate of drug-likeness (QED) is 0.221. The van der Waals surface area contributed by atoms with Crippen LogP contribution in [0.5, 0.6) is 5.75 Å². The Kier molecular flexibility index (Phi) is 11.7. The van der Waals surface area contributed by atoms with Crippen molar-refractivity contribution in [3.05, 3.63) is 52.0 Å². The van der Waals surface area contributed by atoms with E-state index >= 15 is 0 Å². The minimum Gasteiger partial charge on any atom is -0.494 e. The number of carbonyl (C=O) groups excluding carboxylic acids is 2. The molecule has 44 heavy (non-hydrogen) atoms. The highest BCUT2D eigenvalue weighted by Gasteiger charge is 2.36. The van der Waals surface area contributed by atoms with Crippen molar-refractivity contribution < 1.29 is 19.1 Å². The molecular weight excluding hydrogens is 599 g/mol. The van der Waals surface area contributed by atoms with Gasteiger partial charge in [0, 0.05) is 50.2 Å². The Bertz CT molecular complexity index is 1300. The van der Waals surface area contributed by atoms with E-state index in [-0.39, 0.29) is 17.5 Å². The van der Waals surface area contributed by atoms with Gasteiger partial charge in [-0.1, -0.05) is 42.3 Å². The second-order valence-electron chi connectivity index (χ2n) is 12.6. The second kappa shape index (κ2) is 15.1. The van der Waals surface area contributed by atoms with Gasteiger partial charge in [0.2, 0.25) is 5.91 Å². The Morgan fingerprint density at radius 3 is 2.41 bits per heavy atom. The van der Waals surface area contributed by atoms with Crippen LogP contribution in [-0.2, 0) is 16.0 Å². The average molecular weight is 648 g/mol. The second-order valence-corrected chi connectivity index (χ2v) is 13.4. The lowest BCUT2D eigenvalue weighted by atomic mass is 9.98. The summed E-state index contributed by atoms with van der Waals surface area (Å²) in [4.78, 5) is 34.5. The van der Waals surface area contributed by atoms with E-state index in [9.17, 15) is 9.59 Å². The fourth-order valence-electron chi connectivity index (χ4n) is 6.12. The summed E-state index contributed by atoms with van der Waals surface area (Å²) in [6, 6.07) is 11.6. The van der Waals surface area contributed by atoms with Gasteiger partial charge in [-0.15, -0.1) is 0 Å². The molecule has 0 bridgehead atoms. The zero-order valence-corrected chi connectivity index (χ0v) is 28.6. The Balaban J connectivity index is 1.28. The van der Waals surface area contributed by atoms with E-state index in [1.165, 1.54) is 0 Å². The van der Waals surface area contributed by atoms with Crippen molar-refractivity contribution in [3.8, 4) is 5.75 Å². The fraction of sp³-hybridized carbons (Fsp3) is 0.588. The Hall–Kier alpha value is -2.68. The first-order chi connectivity index (χ1) is 20.9. The lowest BCUT2D eigenvalue weighted by molar-refractivity contribution is -0.120. The number of amides is 2. The van der Waals surface area contributed by atoms with E-state index in [0.717, 1.165) is 68.9 Å². The average Bonchev–Trinajstić information content (AvgIpc) is 2.98. The molecule has 4 rings (SSSR count). The minimum absolute atomic E-state index is 0.0355. The predicted molar refractivity (Wildman–Crippen MR) is 179 cm³/mol. The fourth-order valence-corrected chi connectivity index (χ4v) is 6.54. The van der Waals surface area contributed by atoms with E-state index in [0.29, 0.717) is 35.2 Å². The van der Waals surface area contributed by atoms with Gasteiger partial charge in [0.25, 0.3) is 0 Å². The van der Waals surface area contributed by atoms with E-state index in [4.69, 9.17) is 32.7 Å². The number of anilines is 2. The maximum atomic E-state index is 13.3. The smallest absolute Gasteiger partial charge is 0.412 e. The third-order valence-electron chi connectivity index (χ3n) is 8.84. The van der Waals surface area contributed by atoms with Gasteiger partial charge in [-0.2, -0.15) is 0 Å². The van der Waals surface area contributed by atoms with E-state index in [2.05, 4.69) is 16.7 Å². The molecule has 0 aromatic heterocycles. The van der Waals surface area contributed by atoms with Crippen molar-refractivity contribution in [1.82, 2.24) is 9.80 Å². The molecule has 2 aliphatic heterocycles. The molecular formula is C34H48Cl2N4O4. The Morgan fingerprint density at radius 1 is 1.00 bits per heavy atom. The van der Waals surface area contributed by atoms with Gasteiger partial charge < -0.3 is 19.3 Å². The van der Waals surface area contributed by atoms with Crippen molar-refractivity contribution in [2.24, 2.45) is 0 Å². The van der Waals surface area contributed by atoms with Gasteiger partial charge in [0.05, 0.1) is 28.0 Å². The van der Waals surface area contributed by atoms with Crippen molar-refractivity contribution in [3.63, 3.8) is 0 Å². The largest absolute Gasteiger partial charge is 0.494 e. The molecule has 2 amide bonds. The number of hydrogen-bond acceptors (Lipinski definition) is 6. The zero-order chi connectivity index (χ0) is 32.0. The molecule has 0 saturated carbocycles. The van der Waals surface area contributed by atoms with Crippen LogP contribution in [0.3, 0.4) is 0 Å². The summed E-state index contributed by atoms with van der Waals surface area (Å²) in [5.74, 6) is 0.656. The third-order valence-corrected chi connectivity index (χ3v) is 9.65. The predicted octanol–water partition coefficient (Wildman–Crippen LogP) is 7.64. The molecule has 1 atom stereocenters. The molecule has 8 nitrogen and oxygen atoms in total. The number of rotatable bonds is 12. The number of carbonyl (C=O) groups is 2. The first kappa shape index (κ1) is 34.2. The normalized spacial score (nSPS) is 16.6. The molecule has 1 fully saturated rings. The number of aryl methyl sites for hydroxylation is 1. The highest BCUT2D eigenvalue weighted by molar-refractivity contribution is 6.43. The molecule has 0 aliphatic carbocycles. The number of ether oxygens (including phenoxy) is 2. The molecule has 0 radical (unpaired) electrons. The highest BCUT2D eigenvalue weighted by Crippen LogP contribution is 2.35. The van der Waals surface area contributed by atoms with Gasteiger partial charge in [-0.25, -0.2) is 4.79 Å². The number of nitrogens with zero attached hydrogens (tertiary/aromatic N) is 4. The maximum Gasteiger partial charge on any atom is 0.412 e. The SMILES string of the molecule is CCC(C)(C)N(C(=O)OC(C)N1C(=O)CCc2ccc(OCCCCN3CCN(c4cccc(Cl)c4Cl)CC3)cc21)C(C)C. The van der Waals surface area contributed by atoms with Crippen LogP contribution in [0.25, 0.3) is 0 Å². The van der Waals surface area contributed by atoms with E-state index in [1.807, 2.05) is 64.1 Å². The third kappa shape index (κ3) is 8.12. The number of benzene rings is 2. The van der Waals surface area contributed by atoms with Crippen LogP contribution in [0.4, 0.5) is 16.2 Å². The molecule has 242 valence electrons. The molecule has 0 spiro atoms. The number of halogens is 2. The first-order valence-corrected chi connectivity index (χ1v) is 16.7. The van der Waals surface area contributed by atoms with E-state index < -0.39 is 12.3 Å². The lowest BCUT2D eigenvalue weighted by Crippen LogP contribution is -2.54. The van der Waals surface area contributed by atoms with Crippen LogP contribution in [0.1, 0.15) is 72.8 Å². The molecule has 2 aromatic rings. The summed E-state index contributed by atoms with van der Waals surface area (Å²) < 4.78 is 12.0. The first-order valence-electron chi connectivity index (χ1n) is 15.9. The minimum atomic E-state index is -0.742. The van der Waals surface area contributed by atoms with Crippen molar-refractivity contribution >= 4 is 46.6 Å². The topological polar surface area (TPSA) is 65.6 Å². The molecule has 2 aromatic carbocycles. The summed E-state index contributed by atoms with van der Waals surface area (Å²) in [6.45, 7) is 17.2. The molecule has 2 heterocycles. The number of hydrogen-bond donors (Lipinski definition) is 0. The Labute approximate surface area is 273 Å². The summed E-state index contributed by atoms with van der Waals surface area (Å²) in [5.41, 5.74) is 2.44. The summed E-state index contributed by atoms with van der Waals surface area (Å²) in [6.07, 6.45) is 2.62. The van der Waals surface area contributed by atoms with Crippen molar-refractivity contribution in [2.45, 2.75) is 91.5 Å². The summed E-state index contributed by atoms with van der Waals surface area (Å²) >= 11 is 12.6. The molecule has 0 N–H and O–H groups in total. The highest BCUT2D eigenvalue weighted by atomic mass is 35.5. The van der Waals surface area contributed by atoms with Crippen LogP contribution < -0.4 is 14.5 Å². The van der Waals surface area contributed by atoms with Crippen LogP contribution in [0.15, 0.2) is 36.4 Å². The van der Waals surface area contributed by atoms with Gasteiger partial charge >= 0.3 is 6.09 Å². The summed E-state index contributed by atoms with van der Waals surface area (Å²) in [5, 5.41) is 1.21. The molecule has 1 saturated heterocycles. The van der Waals surface area contributed by atoms with Crippen molar-refractivity contribution in [2.75, 3.05) is 49.1 Å². The lowest BCUT2D eigenvalue weighted by Gasteiger charge is -2.42. The van der Waals surface area contributed by atoms with Gasteiger partial charge in [-0.05, 0) is 90.6 Å². The van der Waals surface area contributed by atoms with Gasteiger partial charge in [-0.3, -0.25) is 14.6 Å².